The van der Waals surface area contributed by atoms with Gasteiger partial charge in [-0.2, -0.15) is 0 Å². The fourth-order valence-corrected chi connectivity index (χ4v) is 2.66. The van der Waals surface area contributed by atoms with Crippen molar-refractivity contribution in [3.05, 3.63) is 65.7 Å². The molecule has 2 amide bonds. The van der Waals surface area contributed by atoms with Gasteiger partial charge in [0, 0.05) is 23.0 Å². The molecule has 2 aromatic carbocycles. The van der Waals surface area contributed by atoms with Gasteiger partial charge in [0.2, 0.25) is 5.88 Å². The van der Waals surface area contributed by atoms with E-state index in [1.54, 1.807) is 6.07 Å². The van der Waals surface area contributed by atoms with E-state index in [1.165, 1.54) is 0 Å². The van der Waals surface area contributed by atoms with Gasteiger partial charge in [0.15, 0.2) is 0 Å². The number of nitrogens with zero attached hydrogens (tertiary/aromatic N) is 2. The first-order chi connectivity index (χ1) is 13.0. The second-order valence-corrected chi connectivity index (χ2v) is 6.16. The summed E-state index contributed by atoms with van der Waals surface area (Å²) in [6, 6.07) is 16.7. The minimum atomic E-state index is -0.282. The SMILES string of the molecule is CCOc1ccc(-c2ccc(NC(=O)Nc3ccc(C)cc3C)cc2)nn1. The Bertz CT molecular complexity index is 922. The zero-order valence-corrected chi connectivity index (χ0v) is 15.6. The summed E-state index contributed by atoms with van der Waals surface area (Å²) >= 11 is 0. The monoisotopic (exact) mass is 362 g/mol. The highest BCUT2D eigenvalue weighted by Gasteiger charge is 2.06. The summed E-state index contributed by atoms with van der Waals surface area (Å²) in [6.45, 7) is 6.44. The molecule has 0 atom stereocenters. The third-order valence-corrected chi connectivity index (χ3v) is 4.00. The van der Waals surface area contributed by atoms with Crippen molar-refractivity contribution >= 4 is 17.4 Å². The molecule has 0 saturated carbocycles. The largest absolute Gasteiger partial charge is 0.477 e. The number of amides is 2. The van der Waals surface area contributed by atoms with Crippen LogP contribution in [0.15, 0.2) is 54.6 Å². The van der Waals surface area contributed by atoms with E-state index in [4.69, 9.17) is 4.74 Å². The van der Waals surface area contributed by atoms with Crippen LogP contribution >= 0.6 is 0 Å². The van der Waals surface area contributed by atoms with Gasteiger partial charge in [-0.05, 0) is 50.6 Å². The minimum Gasteiger partial charge on any atom is -0.477 e. The molecule has 6 nitrogen and oxygen atoms in total. The lowest BCUT2D eigenvalue weighted by molar-refractivity contribution is 0.262. The van der Waals surface area contributed by atoms with Crippen molar-refractivity contribution in [2.24, 2.45) is 0 Å². The number of carbonyl (C=O) groups is 1. The second-order valence-electron chi connectivity index (χ2n) is 6.16. The molecule has 0 radical (unpaired) electrons. The topological polar surface area (TPSA) is 76.1 Å². The van der Waals surface area contributed by atoms with Gasteiger partial charge in [-0.3, -0.25) is 0 Å². The summed E-state index contributed by atoms with van der Waals surface area (Å²) in [4.78, 5) is 12.2. The molecule has 0 fully saturated rings. The maximum atomic E-state index is 12.2. The van der Waals surface area contributed by atoms with E-state index in [-0.39, 0.29) is 6.03 Å². The quantitative estimate of drug-likeness (QED) is 0.683. The molecule has 0 aliphatic carbocycles. The first-order valence-corrected chi connectivity index (χ1v) is 8.77. The van der Waals surface area contributed by atoms with Gasteiger partial charge in [-0.15, -0.1) is 10.2 Å². The number of nitrogens with one attached hydrogen (secondary N) is 2. The summed E-state index contributed by atoms with van der Waals surface area (Å²) in [5, 5.41) is 13.9. The van der Waals surface area contributed by atoms with E-state index in [1.807, 2.05) is 69.3 Å². The fourth-order valence-electron chi connectivity index (χ4n) is 2.66. The predicted molar refractivity (Wildman–Crippen MR) is 107 cm³/mol. The van der Waals surface area contributed by atoms with Gasteiger partial charge < -0.3 is 15.4 Å². The van der Waals surface area contributed by atoms with Crippen molar-refractivity contribution in [2.75, 3.05) is 17.2 Å². The number of benzene rings is 2. The molecule has 138 valence electrons. The molecule has 27 heavy (non-hydrogen) atoms. The van der Waals surface area contributed by atoms with Crippen molar-refractivity contribution in [1.82, 2.24) is 10.2 Å². The molecule has 6 heteroatoms. The predicted octanol–water partition coefficient (Wildman–Crippen LogP) is 4.80. The van der Waals surface area contributed by atoms with Crippen LogP contribution in [0.3, 0.4) is 0 Å². The number of hydrogen-bond donors (Lipinski definition) is 2. The van der Waals surface area contributed by atoms with E-state index < -0.39 is 0 Å². The zero-order valence-electron chi connectivity index (χ0n) is 15.6. The first kappa shape index (κ1) is 18.4. The number of carbonyl (C=O) groups excluding carboxylic acids is 1. The number of urea groups is 1. The maximum Gasteiger partial charge on any atom is 0.323 e. The molecular weight excluding hydrogens is 340 g/mol. The number of aryl methyl sites for hydroxylation is 2. The van der Waals surface area contributed by atoms with Crippen molar-refractivity contribution in [2.45, 2.75) is 20.8 Å². The molecule has 0 aliphatic rings. The van der Waals surface area contributed by atoms with Crippen LogP contribution in [-0.2, 0) is 0 Å². The number of anilines is 2. The summed E-state index contributed by atoms with van der Waals surface area (Å²) in [6.07, 6.45) is 0. The third-order valence-electron chi connectivity index (χ3n) is 4.00. The van der Waals surface area contributed by atoms with E-state index >= 15 is 0 Å². The molecule has 3 rings (SSSR count). The summed E-state index contributed by atoms with van der Waals surface area (Å²) < 4.78 is 5.30. The molecule has 2 N–H and O–H groups in total. The summed E-state index contributed by atoms with van der Waals surface area (Å²) in [5.41, 5.74) is 5.32. The Labute approximate surface area is 158 Å². The lowest BCUT2D eigenvalue weighted by atomic mass is 10.1. The highest BCUT2D eigenvalue weighted by atomic mass is 16.5. The second kappa shape index (κ2) is 8.31. The van der Waals surface area contributed by atoms with Crippen molar-refractivity contribution in [3.63, 3.8) is 0 Å². The Morgan fingerprint density at radius 2 is 1.74 bits per heavy atom. The smallest absolute Gasteiger partial charge is 0.323 e. The Morgan fingerprint density at radius 1 is 0.963 bits per heavy atom. The van der Waals surface area contributed by atoms with Gasteiger partial charge in [0.25, 0.3) is 0 Å². The zero-order chi connectivity index (χ0) is 19.2. The van der Waals surface area contributed by atoms with Gasteiger partial charge >= 0.3 is 6.03 Å². The standard InChI is InChI=1S/C21H22N4O2/c1-4-27-20-12-11-19(24-25-20)16-6-8-17(9-7-16)22-21(26)23-18-10-5-14(2)13-15(18)3/h5-13H,4H2,1-3H3,(H2,22,23,26). The summed E-state index contributed by atoms with van der Waals surface area (Å²) in [5.74, 6) is 0.502. The van der Waals surface area contributed by atoms with Gasteiger partial charge in [-0.25, -0.2) is 4.79 Å². The number of aromatic nitrogens is 2. The van der Waals surface area contributed by atoms with Crippen LogP contribution < -0.4 is 15.4 Å². The average Bonchev–Trinajstić information content (AvgIpc) is 2.66. The van der Waals surface area contributed by atoms with E-state index in [0.29, 0.717) is 18.2 Å². The lowest BCUT2D eigenvalue weighted by Gasteiger charge is -2.11. The Balaban J connectivity index is 1.63. The molecule has 1 aromatic heterocycles. The highest BCUT2D eigenvalue weighted by molar-refractivity contribution is 6.00. The molecular formula is C21H22N4O2. The van der Waals surface area contributed by atoms with Crippen LogP contribution in [0.25, 0.3) is 11.3 Å². The van der Waals surface area contributed by atoms with Crippen LogP contribution in [0, 0.1) is 13.8 Å². The number of hydrogen-bond acceptors (Lipinski definition) is 4. The van der Waals surface area contributed by atoms with Crippen LogP contribution in [-0.4, -0.2) is 22.8 Å². The van der Waals surface area contributed by atoms with Crippen molar-refractivity contribution in [3.8, 4) is 17.1 Å². The fraction of sp³-hybridized carbons (Fsp3) is 0.190. The lowest BCUT2D eigenvalue weighted by Crippen LogP contribution is -2.19. The number of rotatable bonds is 5. The first-order valence-electron chi connectivity index (χ1n) is 8.77. The molecule has 0 bridgehead atoms. The molecule has 0 spiro atoms. The Morgan fingerprint density at radius 3 is 2.37 bits per heavy atom. The van der Waals surface area contributed by atoms with E-state index in [0.717, 1.165) is 28.1 Å². The van der Waals surface area contributed by atoms with Crippen LogP contribution in [0.4, 0.5) is 16.2 Å². The molecule has 0 aliphatic heterocycles. The van der Waals surface area contributed by atoms with Crippen LogP contribution in [0.1, 0.15) is 18.1 Å². The van der Waals surface area contributed by atoms with Gasteiger partial charge in [-0.1, -0.05) is 29.8 Å². The Kier molecular flexibility index (Phi) is 5.66. The maximum absolute atomic E-state index is 12.2. The molecule has 3 aromatic rings. The third kappa shape index (κ3) is 4.82. The van der Waals surface area contributed by atoms with Gasteiger partial charge in [0.05, 0.1) is 12.3 Å². The van der Waals surface area contributed by atoms with Crippen LogP contribution in [0.2, 0.25) is 0 Å². The van der Waals surface area contributed by atoms with E-state index in [9.17, 15) is 4.79 Å². The van der Waals surface area contributed by atoms with Gasteiger partial charge in [0.1, 0.15) is 0 Å². The molecule has 0 unspecified atom stereocenters. The normalized spacial score (nSPS) is 10.3. The minimum absolute atomic E-state index is 0.282. The van der Waals surface area contributed by atoms with Crippen molar-refractivity contribution < 1.29 is 9.53 Å². The van der Waals surface area contributed by atoms with Crippen molar-refractivity contribution in [1.29, 1.82) is 0 Å². The number of ether oxygens (including phenoxy) is 1. The summed E-state index contributed by atoms with van der Waals surface area (Å²) in [7, 11) is 0. The highest BCUT2D eigenvalue weighted by Crippen LogP contribution is 2.21. The Hall–Kier alpha value is -3.41. The molecule has 0 saturated heterocycles. The van der Waals surface area contributed by atoms with E-state index in [2.05, 4.69) is 20.8 Å². The average molecular weight is 362 g/mol. The molecule has 1 heterocycles. The van der Waals surface area contributed by atoms with Crippen LogP contribution in [0.5, 0.6) is 5.88 Å².